The van der Waals surface area contributed by atoms with Crippen LogP contribution in [0.3, 0.4) is 0 Å². The maximum atomic E-state index is 12.0. The Morgan fingerprint density at radius 3 is 2.56 bits per heavy atom. The fourth-order valence-electron chi connectivity index (χ4n) is 2.74. The average Bonchev–Trinajstić information content (AvgIpc) is 3.07. The molecule has 2 aromatic carbocycles. The largest absolute Gasteiger partial charge is 0.497 e. The lowest BCUT2D eigenvalue weighted by molar-refractivity contribution is -0.384. The third-order valence-corrected chi connectivity index (χ3v) is 4.01. The van der Waals surface area contributed by atoms with Crippen LogP contribution < -0.4 is 10.2 Å². The highest BCUT2D eigenvalue weighted by molar-refractivity contribution is 5.79. The van der Waals surface area contributed by atoms with E-state index in [-0.39, 0.29) is 11.6 Å². The van der Waals surface area contributed by atoms with Gasteiger partial charge in [0.1, 0.15) is 5.75 Å². The molecule has 0 aromatic heterocycles. The molecule has 1 heterocycles. The molecule has 25 heavy (non-hydrogen) atoms. The molecule has 0 saturated carbocycles. The molecule has 128 valence electrons. The fraction of sp³-hybridized carbons (Fsp3) is 0.167. The van der Waals surface area contributed by atoms with Crippen LogP contribution in [0.5, 0.6) is 5.75 Å². The zero-order chi connectivity index (χ0) is 18.0. The van der Waals surface area contributed by atoms with E-state index in [4.69, 9.17) is 4.74 Å². The molecule has 3 rings (SSSR count). The third-order valence-electron chi connectivity index (χ3n) is 4.01. The minimum Gasteiger partial charge on any atom is -0.497 e. The fourth-order valence-corrected chi connectivity index (χ4v) is 2.74. The van der Waals surface area contributed by atoms with Crippen molar-refractivity contribution in [3.8, 4) is 5.75 Å². The zero-order valence-electron chi connectivity index (χ0n) is 13.8. The van der Waals surface area contributed by atoms with Crippen LogP contribution in [0.1, 0.15) is 24.1 Å². The highest BCUT2D eigenvalue weighted by Crippen LogP contribution is 2.33. The molecule has 1 amide bonds. The summed E-state index contributed by atoms with van der Waals surface area (Å²) in [6.45, 7) is 1.45. The number of nitro benzene ring substituents is 1. The lowest BCUT2D eigenvalue weighted by Gasteiger charge is -2.24. The maximum Gasteiger partial charge on any atom is 0.269 e. The van der Waals surface area contributed by atoms with E-state index in [0.29, 0.717) is 5.56 Å². The number of hydrogen-bond acceptors (Lipinski definition) is 5. The van der Waals surface area contributed by atoms with E-state index < -0.39 is 11.0 Å². The number of methoxy groups -OCH3 is 1. The Hall–Kier alpha value is -3.35. The van der Waals surface area contributed by atoms with E-state index in [9.17, 15) is 14.9 Å². The number of carbonyl (C=O) groups excluding carboxylic acids is 1. The van der Waals surface area contributed by atoms with Crippen LogP contribution in [0.15, 0.2) is 54.6 Å². The molecular weight excluding hydrogens is 322 g/mol. The average molecular weight is 339 g/mol. The number of nitrogens with one attached hydrogen (secondary N) is 1. The smallest absolute Gasteiger partial charge is 0.269 e. The van der Waals surface area contributed by atoms with Gasteiger partial charge in [-0.25, -0.2) is 5.01 Å². The van der Waals surface area contributed by atoms with Gasteiger partial charge in [0.15, 0.2) is 0 Å². The SMILES string of the molecule is COc1ccc(C2=C[C@@H](c3cccc([N+](=O)[O-])c3)N(C(C)=O)N2)cc1. The molecular formula is C18H17N3O4. The first kappa shape index (κ1) is 16.5. The number of amides is 1. The molecule has 0 fully saturated rings. The van der Waals surface area contributed by atoms with Crippen molar-refractivity contribution >= 4 is 17.3 Å². The standard InChI is InChI=1S/C18H17N3O4/c1-12(22)20-18(14-4-3-5-15(10-14)21(23)24)11-17(19-20)13-6-8-16(25-2)9-7-13/h3-11,18-19H,1-2H3/t18-/m0/s1. The summed E-state index contributed by atoms with van der Waals surface area (Å²) in [6, 6.07) is 13.3. The minimum atomic E-state index is -0.446. The Kier molecular flexibility index (Phi) is 4.38. The number of nitrogens with zero attached hydrogens (tertiary/aromatic N) is 2. The van der Waals surface area contributed by atoms with E-state index in [1.807, 2.05) is 30.3 Å². The number of rotatable bonds is 4. The molecule has 0 radical (unpaired) electrons. The Morgan fingerprint density at radius 2 is 1.96 bits per heavy atom. The second-order valence-electron chi connectivity index (χ2n) is 5.61. The molecule has 2 aromatic rings. The van der Waals surface area contributed by atoms with E-state index in [1.165, 1.54) is 24.1 Å². The molecule has 1 N–H and O–H groups in total. The van der Waals surface area contributed by atoms with Crippen LogP contribution in [0.4, 0.5) is 5.69 Å². The van der Waals surface area contributed by atoms with E-state index >= 15 is 0 Å². The van der Waals surface area contributed by atoms with E-state index in [1.54, 1.807) is 19.2 Å². The van der Waals surface area contributed by atoms with Crippen LogP contribution in [0, 0.1) is 10.1 Å². The van der Waals surface area contributed by atoms with E-state index in [0.717, 1.165) is 17.0 Å². The van der Waals surface area contributed by atoms with Gasteiger partial charge in [0.05, 0.1) is 23.8 Å². The normalized spacial score (nSPS) is 16.2. The molecule has 7 nitrogen and oxygen atoms in total. The van der Waals surface area contributed by atoms with Crippen LogP contribution in [0.2, 0.25) is 0 Å². The Morgan fingerprint density at radius 1 is 1.24 bits per heavy atom. The van der Waals surface area contributed by atoms with Crippen molar-refractivity contribution in [2.45, 2.75) is 13.0 Å². The molecule has 1 atom stereocenters. The quantitative estimate of drug-likeness (QED) is 0.683. The molecule has 0 unspecified atom stereocenters. The van der Waals surface area contributed by atoms with Gasteiger partial charge in [-0.1, -0.05) is 12.1 Å². The molecule has 1 aliphatic heterocycles. The lowest BCUT2D eigenvalue weighted by atomic mass is 10.0. The summed E-state index contributed by atoms with van der Waals surface area (Å²) < 4.78 is 5.15. The number of non-ortho nitro benzene ring substituents is 1. The minimum absolute atomic E-state index is 0.00713. The predicted molar refractivity (Wildman–Crippen MR) is 92.5 cm³/mol. The van der Waals surface area contributed by atoms with Crippen molar-refractivity contribution in [2.24, 2.45) is 0 Å². The molecule has 7 heteroatoms. The summed E-state index contributed by atoms with van der Waals surface area (Å²) >= 11 is 0. The second kappa shape index (κ2) is 6.64. The molecule has 1 aliphatic rings. The monoisotopic (exact) mass is 339 g/mol. The number of carbonyl (C=O) groups is 1. The number of benzene rings is 2. The van der Waals surface area contributed by atoms with E-state index in [2.05, 4.69) is 5.43 Å². The van der Waals surface area contributed by atoms with Crippen molar-refractivity contribution < 1.29 is 14.5 Å². The van der Waals surface area contributed by atoms with Crippen molar-refractivity contribution in [2.75, 3.05) is 7.11 Å². The highest BCUT2D eigenvalue weighted by atomic mass is 16.6. The van der Waals surface area contributed by atoms with Gasteiger partial charge in [-0.3, -0.25) is 20.3 Å². The van der Waals surface area contributed by atoms with Crippen LogP contribution in [-0.2, 0) is 4.79 Å². The summed E-state index contributed by atoms with van der Waals surface area (Å²) in [5.74, 6) is 0.553. The first-order valence-electron chi connectivity index (χ1n) is 7.66. The van der Waals surface area contributed by atoms with Crippen molar-refractivity contribution in [1.82, 2.24) is 10.4 Å². The van der Waals surface area contributed by atoms with Gasteiger partial charge in [-0.2, -0.15) is 0 Å². The Bertz CT molecular complexity index is 846. The summed E-state index contributed by atoms with van der Waals surface area (Å²) in [5.41, 5.74) is 5.38. The first-order valence-corrected chi connectivity index (χ1v) is 7.66. The van der Waals surface area contributed by atoms with Crippen LogP contribution >= 0.6 is 0 Å². The summed E-state index contributed by atoms with van der Waals surface area (Å²) in [5, 5.41) is 12.5. The number of hydrogen-bond donors (Lipinski definition) is 1. The number of ether oxygens (including phenoxy) is 1. The molecule has 0 spiro atoms. The number of nitro groups is 1. The van der Waals surface area contributed by atoms with Gasteiger partial charge < -0.3 is 4.74 Å². The zero-order valence-corrected chi connectivity index (χ0v) is 13.8. The Balaban J connectivity index is 1.97. The van der Waals surface area contributed by atoms with Gasteiger partial charge in [0.2, 0.25) is 5.91 Å². The third kappa shape index (κ3) is 3.30. The molecule has 0 aliphatic carbocycles. The molecule has 0 bridgehead atoms. The predicted octanol–water partition coefficient (Wildman–Crippen LogP) is 3.05. The lowest BCUT2D eigenvalue weighted by Crippen LogP contribution is -2.37. The number of hydrazine groups is 1. The summed E-state index contributed by atoms with van der Waals surface area (Å²) in [4.78, 5) is 22.6. The van der Waals surface area contributed by atoms with Crippen molar-refractivity contribution in [3.63, 3.8) is 0 Å². The second-order valence-corrected chi connectivity index (χ2v) is 5.61. The maximum absolute atomic E-state index is 12.0. The van der Waals surface area contributed by atoms with Gasteiger partial charge >= 0.3 is 0 Å². The van der Waals surface area contributed by atoms with Crippen LogP contribution in [-0.4, -0.2) is 22.9 Å². The highest BCUT2D eigenvalue weighted by Gasteiger charge is 2.29. The first-order chi connectivity index (χ1) is 12.0. The van der Waals surface area contributed by atoms with Crippen LogP contribution in [0.25, 0.3) is 5.70 Å². The topological polar surface area (TPSA) is 84.7 Å². The van der Waals surface area contributed by atoms with Gasteiger partial charge in [0, 0.05) is 19.1 Å². The molecule has 0 saturated heterocycles. The van der Waals surface area contributed by atoms with Crippen molar-refractivity contribution in [3.05, 3.63) is 75.8 Å². The van der Waals surface area contributed by atoms with Gasteiger partial charge in [-0.05, 0) is 41.5 Å². The summed E-state index contributed by atoms with van der Waals surface area (Å²) in [7, 11) is 1.60. The van der Waals surface area contributed by atoms with Gasteiger partial charge in [0.25, 0.3) is 5.69 Å². The Labute approximate surface area is 144 Å². The van der Waals surface area contributed by atoms with Gasteiger partial charge in [-0.15, -0.1) is 0 Å². The van der Waals surface area contributed by atoms with Crippen molar-refractivity contribution in [1.29, 1.82) is 0 Å². The summed E-state index contributed by atoms with van der Waals surface area (Å²) in [6.07, 6.45) is 1.88.